The lowest BCUT2D eigenvalue weighted by atomic mass is 10.1. The molecule has 2 aromatic heterocycles. The zero-order chi connectivity index (χ0) is 24.0. The first-order chi connectivity index (χ1) is 17.1. The highest BCUT2D eigenvalue weighted by molar-refractivity contribution is 5.91. The molecule has 4 aromatic rings. The summed E-state index contributed by atoms with van der Waals surface area (Å²) >= 11 is 0. The number of aryl methyl sites for hydroxylation is 1. The number of morpholine rings is 1. The van der Waals surface area contributed by atoms with Crippen LogP contribution in [0, 0.1) is 6.92 Å². The number of aromatic amines is 1. The van der Waals surface area contributed by atoms with E-state index in [1.165, 1.54) is 0 Å². The number of anilines is 3. The molecule has 180 valence electrons. The lowest BCUT2D eigenvalue weighted by Gasteiger charge is -2.23. The first kappa shape index (κ1) is 22.8. The van der Waals surface area contributed by atoms with Crippen molar-refractivity contribution in [3.05, 3.63) is 72.6 Å². The van der Waals surface area contributed by atoms with Gasteiger partial charge in [0.15, 0.2) is 5.82 Å². The lowest BCUT2D eigenvalue weighted by molar-refractivity contribution is -0.116. The van der Waals surface area contributed by atoms with Gasteiger partial charge in [0.2, 0.25) is 5.91 Å². The van der Waals surface area contributed by atoms with Crippen molar-refractivity contribution in [2.75, 3.05) is 30.4 Å². The maximum atomic E-state index is 12.4. The molecule has 2 aromatic carbocycles. The Morgan fingerprint density at radius 1 is 1.20 bits per heavy atom. The number of nitrogens with zero attached hydrogens (tertiary/aromatic N) is 3. The minimum Gasteiger partial charge on any atom is -0.379 e. The maximum Gasteiger partial charge on any atom is 0.224 e. The Hall–Kier alpha value is -3.95. The molecular formula is C26H29N7O2. The molecule has 1 unspecified atom stereocenters. The SMILES string of the molecule is Cc1cc(NC(=O)CCC2COCCN2)ccc1Nc1cc(-c2ccc(-n3cccn3)cc2)[nH]n1. The summed E-state index contributed by atoms with van der Waals surface area (Å²) in [6.45, 7) is 4.25. The van der Waals surface area contributed by atoms with Gasteiger partial charge in [0.05, 0.1) is 24.6 Å². The molecule has 1 aliphatic heterocycles. The number of rotatable bonds is 8. The number of aromatic nitrogens is 4. The highest BCUT2D eigenvalue weighted by Gasteiger charge is 2.15. The highest BCUT2D eigenvalue weighted by atomic mass is 16.5. The van der Waals surface area contributed by atoms with Crippen LogP contribution in [-0.2, 0) is 9.53 Å². The predicted molar refractivity (Wildman–Crippen MR) is 136 cm³/mol. The van der Waals surface area contributed by atoms with Crippen LogP contribution in [0.15, 0.2) is 67.0 Å². The summed E-state index contributed by atoms with van der Waals surface area (Å²) < 4.78 is 7.26. The van der Waals surface area contributed by atoms with Crippen molar-refractivity contribution in [1.82, 2.24) is 25.3 Å². The van der Waals surface area contributed by atoms with Crippen LogP contribution < -0.4 is 16.0 Å². The van der Waals surface area contributed by atoms with Crippen molar-refractivity contribution in [3.8, 4) is 16.9 Å². The Labute approximate surface area is 203 Å². The third-order valence-electron chi connectivity index (χ3n) is 6.02. The van der Waals surface area contributed by atoms with E-state index < -0.39 is 0 Å². The minimum absolute atomic E-state index is 0.00741. The van der Waals surface area contributed by atoms with E-state index in [4.69, 9.17) is 4.74 Å². The van der Waals surface area contributed by atoms with Gasteiger partial charge in [0.25, 0.3) is 0 Å². The number of carbonyl (C=O) groups is 1. The Morgan fingerprint density at radius 3 is 2.83 bits per heavy atom. The molecule has 0 saturated carbocycles. The van der Waals surface area contributed by atoms with Crippen LogP contribution in [-0.4, -0.2) is 51.7 Å². The van der Waals surface area contributed by atoms with E-state index in [0.717, 1.165) is 59.3 Å². The number of H-pyrrole nitrogens is 1. The summed E-state index contributed by atoms with van der Waals surface area (Å²) in [5.41, 5.74) is 5.67. The summed E-state index contributed by atoms with van der Waals surface area (Å²) in [6, 6.07) is 18.0. The Bertz CT molecular complexity index is 1260. The summed E-state index contributed by atoms with van der Waals surface area (Å²) in [5.74, 6) is 0.728. The largest absolute Gasteiger partial charge is 0.379 e. The van der Waals surface area contributed by atoms with E-state index in [0.29, 0.717) is 13.0 Å². The molecule has 5 rings (SSSR count). The van der Waals surface area contributed by atoms with E-state index >= 15 is 0 Å². The van der Waals surface area contributed by atoms with E-state index in [9.17, 15) is 4.79 Å². The molecule has 0 bridgehead atoms. The van der Waals surface area contributed by atoms with Crippen molar-refractivity contribution >= 4 is 23.1 Å². The third kappa shape index (κ3) is 5.76. The van der Waals surface area contributed by atoms with E-state index in [2.05, 4.69) is 31.2 Å². The van der Waals surface area contributed by atoms with Crippen LogP contribution in [0.1, 0.15) is 18.4 Å². The number of nitrogens with one attached hydrogen (secondary N) is 4. The number of hydrogen-bond acceptors (Lipinski definition) is 6. The van der Waals surface area contributed by atoms with E-state index in [1.54, 1.807) is 6.20 Å². The van der Waals surface area contributed by atoms with E-state index in [-0.39, 0.29) is 11.9 Å². The van der Waals surface area contributed by atoms with Gasteiger partial charge in [-0.1, -0.05) is 12.1 Å². The molecule has 35 heavy (non-hydrogen) atoms. The molecule has 9 nitrogen and oxygen atoms in total. The van der Waals surface area contributed by atoms with Crippen LogP contribution in [0.3, 0.4) is 0 Å². The molecule has 1 saturated heterocycles. The summed E-state index contributed by atoms with van der Waals surface area (Å²) in [5, 5.41) is 21.5. The number of benzene rings is 2. The fourth-order valence-electron chi connectivity index (χ4n) is 4.10. The van der Waals surface area contributed by atoms with Crippen LogP contribution in [0.2, 0.25) is 0 Å². The van der Waals surface area contributed by atoms with Gasteiger partial charge in [0, 0.05) is 48.8 Å². The van der Waals surface area contributed by atoms with Crippen LogP contribution in [0.5, 0.6) is 0 Å². The predicted octanol–water partition coefficient (Wildman–Crippen LogP) is 4.02. The van der Waals surface area contributed by atoms with Gasteiger partial charge < -0.3 is 20.7 Å². The maximum absolute atomic E-state index is 12.4. The smallest absolute Gasteiger partial charge is 0.224 e. The first-order valence-corrected chi connectivity index (χ1v) is 11.8. The second-order valence-corrected chi connectivity index (χ2v) is 8.63. The van der Waals surface area contributed by atoms with Gasteiger partial charge in [-0.15, -0.1) is 0 Å². The topological polar surface area (TPSA) is 109 Å². The molecule has 1 fully saturated rings. The van der Waals surface area contributed by atoms with Crippen molar-refractivity contribution in [3.63, 3.8) is 0 Å². The molecule has 0 aliphatic carbocycles. The van der Waals surface area contributed by atoms with Crippen LogP contribution >= 0.6 is 0 Å². The first-order valence-electron chi connectivity index (χ1n) is 11.8. The number of amides is 1. The van der Waals surface area contributed by atoms with Crippen LogP contribution in [0.4, 0.5) is 17.2 Å². The fourth-order valence-corrected chi connectivity index (χ4v) is 4.10. The van der Waals surface area contributed by atoms with Gasteiger partial charge >= 0.3 is 0 Å². The normalized spacial score (nSPS) is 15.6. The molecule has 3 heterocycles. The Balaban J connectivity index is 1.17. The molecule has 1 aliphatic rings. The van der Waals surface area contributed by atoms with Crippen molar-refractivity contribution in [1.29, 1.82) is 0 Å². The van der Waals surface area contributed by atoms with Gasteiger partial charge in [-0.05, 0) is 60.9 Å². The molecule has 9 heteroatoms. The zero-order valence-corrected chi connectivity index (χ0v) is 19.6. The number of ether oxygens (including phenoxy) is 1. The van der Waals surface area contributed by atoms with Crippen molar-refractivity contribution in [2.24, 2.45) is 0 Å². The van der Waals surface area contributed by atoms with Crippen LogP contribution in [0.25, 0.3) is 16.9 Å². The van der Waals surface area contributed by atoms with Gasteiger partial charge in [-0.2, -0.15) is 10.2 Å². The second-order valence-electron chi connectivity index (χ2n) is 8.63. The molecule has 0 radical (unpaired) electrons. The quantitative estimate of drug-likeness (QED) is 0.309. The monoisotopic (exact) mass is 471 g/mol. The van der Waals surface area contributed by atoms with Gasteiger partial charge in [-0.25, -0.2) is 4.68 Å². The highest BCUT2D eigenvalue weighted by Crippen LogP contribution is 2.26. The lowest BCUT2D eigenvalue weighted by Crippen LogP contribution is -2.41. The second kappa shape index (κ2) is 10.5. The van der Waals surface area contributed by atoms with Crippen molar-refractivity contribution in [2.45, 2.75) is 25.8 Å². The molecule has 1 amide bonds. The summed E-state index contributed by atoms with van der Waals surface area (Å²) in [7, 11) is 0. The number of hydrogen-bond donors (Lipinski definition) is 4. The van der Waals surface area contributed by atoms with Crippen molar-refractivity contribution < 1.29 is 9.53 Å². The molecular weight excluding hydrogens is 442 g/mol. The molecule has 4 N–H and O–H groups in total. The van der Waals surface area contributed by atoms with Gasteiger partial charge in [-0.3, -0.25) is 9.89 Å². The molecule has 1 atom stereocenters. The summed E-state index contributed by atoms with van der Waals surface area (Å²) in [6.07, 6.45) is 4.89. The fraction of sp³-hybridized carbons (Fsp3) is 0.269. The Kier molecular flexibility index (Phi) is 6.87. The van der Waals surface area contributed by atoms with Gasteiger partial charge in [0.1, 0.15) is 0 Å². The van der Waals surface area contributed by atoms with E-state index in [1.807, 2.05) is 72.4 Å². The third-order valence-corrected chi connectivity index (χ3v) is 6.02. The average molecular weight is 472 g/mol. The summed E-state index contributed by atoms with van der Waals surface area (Å²) in [4.78, 5) is 12.4. The standard InChI is InChI=1S/C26H29N7O2/c1-18-15-20(29-26(34)10-6-21-17-35-14-12-27-21)5-9-23(18)30-25-16-24(31-32-25)19-3-7-22(8-4-19)33-13-2-11-28-33/h2-5,7-9,11,13,15-16,21,27H,6,10,12,14,17H2,1H3,(H,29,34)(H2,30,31,32). The number of carbonyl (C=O) groups excluding carboxylic acids is 1. The zero-order valence-electron chi connectivity index (χ0n) is 19.6. The molecule has 0 spiro atoms. The minimum atomic E-state index is 0.00741. The average Bonchev–Trinajstić information content (AvgIpc) is 3.58. The Morgan fingerprint density at radius 2 is 2.09 bits per heavy atom.